The molecule has 0 aliphatic carbocycles. The Bertz CT molecular complexity index is 253. The van der Waals surface area contributed by atoms with Crippen LogP contribution in [-0.4, -0.2) is 11.5 Å². The number of hydrogen-bond donors (Lipinski definition) is 1. The predicted molar refractivity (Wildman–Crippen MR) is 53.4 cm³/mol. The van der Waals surface area contributed by atoms with E-state index >= 15 is 0 Å². The van der Waals surface area contributed by atoms with Gasteiger partial charge in [-0.15, -0.1) is 11.3 Å². The topological polar surface area (TPSA) is 38.9 Å². The van der Waals surface area contributed by atoms with E-state index in [9.17, 15) is 0 Å². The molecule has 0 amide bonds. The van der Waals surface area contributed by atoms with Crippen LogP contribution in [0.15, 0.2) is 5.51 Å². The standard InChI is InChI=1S/C9H16N2S/c1-7-8(12-6-11-7)4-9(2,3)5-10/h6H,4-5,10H2,1-3H3. The zero-order valence-electron chi connectivity index (χ0n) is 7.92. The summed E-state index contributed by atoms with van der Waals surface area (Å²) in [5.74, 6) is 0. The summed E-state index contributed by atoms with van der Waals surface area (Å²) >= 11 is 1.73. The summed E-state index contributed by atoms with van der Waals surface area (Å²) in [6.45, 7) is 7.15. The SMILES string of the molecule is Cc1ncsc1CC(C)(C)CN. The molecule has 0 aliphatic rings. The first-order valence-corrected chi connectivity index (χ1v) is 5.02. The maximum absolute atomic E-state index is 5.66. The van der Waals surface area contributed by atoms with Gasteiger partial charge in [-0.25, -0.2) is 4.98 Å². The maximum Gasteiger partial charge on any atom is 0.0797 e. The van der Waals surface area contributed by atoms with Crippen LogP contribution in [-0.2, 0) is 6.42 Å². The van der Waals surface area contributed by atoms with Crippen LogP contribution in [0.1, 0.15) is 24.4 Å². The molecule has 0 aromatic carbocycles. The Morgan fingerprint density at radius 2 is 2.25 bits per heavy atom. The minimum Gasteiger partial charge on any atom is -0.330 e. The van der Waals surface area contributed by atoms with E-state index in [1.807, 2.05) is 5.51 Å². The molecule has 0 saturated heterocycles. The van der Waals surface area contributed by atoms with E-state index in [1.54, 1.807) is 11.3 Å². The highest BCUT2D eigenvalue weighted by molar-refractivity contribution is 7.09. The number of nitrogens with two attached hydrogens (primary N) is 1. The van der Waals surface area contributed by atoms with E-state index in [2.05, 4.69) is 25.8 Å². The fourth-order valence-electron chi connectivity index (χ4n) is 1.00. The second-order valence-corrected chi connectivity index (χ2v) is 4.85. The van der Waals surface area contributed by atoms with Crippen LogP contribution in [0.3, 0.4) is 0 Å². The molecule has 2 nitrogen and oxygen atoms in total. The first-order valence-electron chi connectivity index (χ1n) is 4.14. The average molecular weight is 184 g/mol. The van der Waals surface area contributed by atoms with Crippen molar-refractivity contribution >= 4 is 11.3 Å². The molecule has 0 atom stereocenters. The van der Waals surface area contributed by atoms with Crippen molar-refractivity contribution in [3.05, 3.63) is 16.1 Å². The summed E-state index contributed by atoms with van der Waals surface area (Å²) in [5.41, 5.74) is 8.92. The van der Waals surface area contributed by atoms with Crippen molar-refractivity contribution < 1.29 is 0 Å². The van der Waals surface area contributed by atoms with Crippen LogP contribution in [0, 0.1) is 12.3 Å². The van der Waals surface area contributed by atoms with Gasteiger partial charge in [-0.2, -0.15) is 0 Å². The molecule has 0 fully saturated rings. The zero-order chi connectivity index (χ0) is 9.19. The Hall–Kier alpha value is -0.410. The Morgan fingerprint density at radius 3 is 2.67 bits per heavy atom. The molecule has 0 spiro atoms. The highest BCUT2D eigenvalue weighted by Crippen LogP contribution is 2.24. The molecule has 2 N–H and O–H groups in total. The number of thiazole rings is 1. The third kappa shape index (κ3) is 2.29. The molecule has 0 saturated carbocycles. The summed E-state index contributed by atoms with van der Waals surface area (Å²) in [6, 6.07) is 0. The van der Waals surface area contributed by atoms with Crippen molar-refractivity contribution in [2.24, 2.45) is 11.1 Å². The Kier molecular flexibility index (Phi) is 2.85. The normalized spacial score (nSPS) is 12.0. The summed E-state index contributed by atoms with van der Waals surface area (Å²) in [7, 11) is 0. The van der Waals surface area contributed by atoms with Crippen LogP contribution in [0.25, 0.3) is 0 Å². The van der Waals surface area contributed by atoms with E-state index in [-0.39, 0.29) is 5.41 Å². The molecule has 0 aliphatic heterocycles. The molecule has 1 rings (SSSR count). The quantitative estimate of drug-likeness (QED) is 0.780. The number of aromatic nitrogens is 1. The lowest BCUT2D eigenvalue weighted by Crippen LogP contribution is -2.25. The van der Waals surface area contributed by atoms with E-state index in [1.165, 1.54) is 4.88 Å². The van der Waals surface area contributed by atoms with E-state index in [0.717, 1.165) is 18.7 Å². The van der Waals surface area contributed by atoms with Gasteiger partial charge in [0.15, 0.2) is 0 Å². The molecule has 3 heteroatoms. The third-order valence-corrected chi connectivity index (χ3v) is 2.97. The summed E-state index contributed by atoms with van der Waals surface area (Å²) in [6.07, 6.45) is 1.04. The zero-order valence-corrected chi connectivity index (χ0v) is 8.74. The van der Waals surface area contributed by atoms with Crippen molar-refractivity contribution in [3.63, 3.8) is 0 Å². The first-order chi connectivity index (χ1) is 5.55. The average Bonchev–Trinajstić information content (AvgIpc) is 2.36. The molecular weight excluding hydrogens is 168 g/mol. The van der Waals surface area contributed by atoms with Gasteiger partial charge in [-0.3, -0.25) is 0 Å². The minimum atomic E-state index is 0.206. The van der Waals surface area contributed by atoms with Crippen molar-refractivity contribution in [1.29, 1.82) is 0 Å². The lowest BCUT2D eigenvalue weighted by Gasteiger charge is -2.21. The third-order valence-electron chi connectivity index (χ3n) is 2.04. The van der Waals surface area contributed by atoms with Gasteiger partial charge in [-0.1, -0.05) is 13.8 Å². The summed E-state index contributed by atoms with van der Waals surface area (Å²) in [5, 5.41) is 0. The van der Waals surface area contributed by atoms with Crippen LogP contribution in [0.5, 0.6) is 0 Å². The molecule has 0 radical (unpaired) electrons. The lowest BCUT2D eigenvalue weighted by molar-refractivity contribution is 0.379. The second-order valence-electron chi connectivity index (χ2n) is 3.91. The maximum atomic E-state index is 5.66. The van der Waals surface area contributed by atoms with Gasteiger partial charge < -0.3 is 5.73 Å². The predicted octanol–water partition coefficient (Wildman–Crippen LogP) is 1.98. The largest absolute Gasteiger partial charge is 0.330 e. The Balaban J connectivity index is 2.70. The summed E-state index contributed by atoms with van der Waals surface area (Å²) in [4.78, 5) is 5.58. The molecular formula is C9H16N2S. The lowest BCUT2D eigenvalue weighted by atomic mass is 9.88. The van der Waals surface area contributed by atoms with Gasteiger partial charge in [-0.05, 0) is 25.3 Å². The van der Waals surface area contributed by atoms with Crippen LogP contribution >= 0.6 is 11.3 Å². The molecule has 12 heavy (non-hydrogen) atoms. The van der Waals surface area contributed by atoms with Gasteiger partial charge >= 0.3 is 0 Å². The number of hydrogen-bond acceptors (Lipinski definition) is 3. The Morgan fingerprint density at radius 1 is 1.58 bits per heavy atom. The first kappa shape index (κ1) is 9.68. The monoisotopic (exact) mass is 184 g/mol. The summed E-state index contributed by atoms with van der Waals surface area (Å²) < 4.78 is 0. The molecule has 1 aromatic rings. The van der Waals surface area contributed by atoms with E-state index < -0.39 is 0 Å². The molecule has 1 aromatic heterocycles. The van der Waals surface area contributed by atoms with Gasteiger partial charge in [0.25, 0.3) is 0 Å². The van der Waals surface area contributed by atoms with E-state index in [4.69, 9.17) is 5.73 Å². The van der Waals surface area contributed by atoms with Crippen molar-refractivity contribution in [2.75, 3.05) is 6.54 Å². The van der Waals surface area contributed by atoms with Gasteiger partial charge in [0.05, 0.1) is 11.2 Å². The van der Waals surface area contributed by atoms with Crippen LogP contribution in [0.2, 0.25) is 0 Å². The van der Waals surface area contributed by atoms with Gasteiger partial charge in [0.2, 0.25) is 0 Å². The van der Waals surface area contributed by atoms with Crippen LogP contribution < -0.4 is 5.73 Å². The smallest absolute Gasteiger partial charge is 0.0797 e. The van der Waals surface area contributed by atoms with Crippen molar-refractivity contribution in [3.8, 4) is 0 Å². The van der Waals surface area contributed by atoms with E-state index in [0.29, 0.717) is 0 Å². The Labute approximate surface area is 77.8 Å². The fraction of sp³-hybridized carbons (Fsp3) is 0.667. The number of nitrogens with zero attached hydrogens (tertiary/aromatic N) is 1. The van der Waals surface area contributed by atoms with Gasteiger partial charge in [0.1, 0.15) is 0 Å². The second kappa shape index (κ2) is 3.54. The highest BCUT2D eigenvalue weighted by atomic mass is 32.1. The molecule has 0 bridgehead atoms. The molecule has 1 heterocycles. The number of rotatable bonds is 3. The molecule has 0 unspecified atom stereocenters. The number of aryl methyl sites for hydroxylation is 1. The highest BCUT2D eigenvalue weighted by Gasteiger charge is 2.18. The van der Waals surface area contributed by atoms with Crippen LogP contribution in [0.4, 0.5) is 0 Å². The van der Waals surface area contributed by atoms with Gasteiger partial charge in [0, 0.05) is 4.88 Å². The van der Waals surface area contributed by atoms with Crippen molar-refractivity contribution in [1.82, 2.24) is 4.98 Å². The minimum absolute atomic E-state index is 0.206. The van der Waals surface area contributed by atoms with Crippen molar-refractivity contribution in [2.45, 2.75) is 27.2 Å². The fourth-order valence-corrected chi connectivity index (χ4v) is 2.04. The molecule has 68 valence electrons.